The van der Waals surface area contributed by atoms with E-state index in [1.165, 1.54) is 5.56 Å². The second kappa shape index (κ2) is 6.34. The summed E-state index contributed by atoms with van der Waals surface area (Å²) in [6.45, 7) is 3.38. The van der Waals surface area contributed by atoms with Crippen molar-refractivity contribution in [3.8, 4) is 11.3 Å². The summed E-state index contributed by atoms with van der Waals surface area (Å²) in [6.07, 6.45) is 0. The highest BCUT2D eigenvalue weighted by molar-refractivity contribution is 5.92. The Kier molecular flexibility index (Phi) is 4.53. The van der Waals surface area contributed by atoms with Crippen LogP contribution in [0.25, 0.3) is 11.3 Å². The van der Waals surface area contributed by atoms with Gasteiger partial charge >= 0.3 is 0 Å². The number of rotatable bonds is 5. The molecule has 0 aliphatic heterocycles. The molecule has 20 heavy (non-hydrogen) atoms. The summed E-state index contributed by atoms with van der Waals surface area (Å²) in [4.78, 5) is 13.7. The van der Waals surface area contributed by atoms with Crippen LogP contribution in [0.15, 0.2) is 34.9 Å². The van der Waals surface area contributed by atoms with Crippen molar-refractivity contribution in [1.82, 2.24) is 15.4 Å². The van der Waals surface area contributed by atoms with E-state index < -0.39 is 0 Å². The SMILES string of the molecule is CNCCN(C)C(=O)c1cc(-c2ccc(C)cc2)no1. The first-order chi connectivity index (χ1) is 9.61. The van der Waals surface area contributed by atoms with Crippen LogP contribution in [0, 0.1) is 6.92 Å². The van der Waals surface area contributed by atoms with Gasteiger partial charge in [-0.15, -0.1) is 0 Å². The van der Waals surface area contributed by atoms with E-state index in [0.29, 0.717) is 12.2 Å². The van der Waals surface area contributed by atoms with Crippen LogP contribution in [0.3, 0.4) is 0 Å². The normalized spacial score (nSPS) is 10.6. The molecule has 2 aromatic rings. The van der Waals surface area contributed by atoms with Crippen molar-refractivity contribution < 1.29 is 9.32 Å². The summed E-state index contributed by atoms with van der Waals surface area (Å²) in [7, 11) is 3.59. The molecule has 5 heteroatoms. The van der Waals surface area contributed by atoms with E-state index in [1.807, 2.05) is 38.2 Å². The van der Waals surface area contributed by atoms with Crippen molar-refractivity contribution in [3.63, 3.8) is 0 Å². The lowest BCUT2D eigenvalue weighted by Crippen LogP contribution is -2.32. The molecule has 0 radical (unpaired) electrons. The standard InChI is InChI=1S/C15H19N3O2/c1-11-4-6-12(7-5-11)13-10-14(20-17-13)15(19)18(3)9-8-16-2/h4-7,10,16H,8-9H2,1-3H3. The predicted octanol–water partition coefficient (Wildman–Crippen LogP) is 1.94. The second-order valence-electron chi connectivity index (χ2n) is 4.77. The average molecular weight is 273 g/mol. The van der Waals surface area contributed by atoms with Gasteiger partial charge in [0.2, 0.25) is 5.76 Å². The Balaban J connectivity index is 2.12. The summed E-state index contributed by atoms with van der Waals surface area (Å²) in [5.41, 5.74) is 2.80. The van der Waals surface area contributed by atoms with Gasteiger partial charge in [0.1, 0.15) is 5.69 Å². The number of amides is 1. The van der Waals surface area contributed by atoms with Crippen molar-refractivity contribution in [2.75, 3.05) is 27.2 Å². The molecule has 0 bridgehead atoms. The number of carbonyl (C=O) groups is 1. The first-order valence-electron chi connectivity index (χ1n) is 6.55. The maximum atomic E-state index is 12.1. The van der Waals surface area contributed by atoms with Gasteiger partial charge in [0.15, 0.2) is 0 Å². The molecule has 0 saturated heterocycles. The Morgan fingerprint density at radius 1 is 1.35 bits per heavy atom. The Hall–Kier alpha value is -2.14. The van der Waals surface area contributed by atoms with E-state index in [4.69, 9.17) is 4.52 Å². The van der Waals surface area contributed by atoms with E-state index in [9.17, 15) is 4.79 Å². The van der Waals surface area contributed by atoms with Crippen LogP contribution in [-0.4, -0.2) is 43.1 Å². The first kappa shape index (κ1) is 14.3. The highest BCUT2D eigenvalue weighted by Crippen LogP contribution is 2.20. The van der Waals surface area contributed by atoms with Crippen molar-refractivity contribution in [1.29, 1.82) is 0 Å². The first-order valence-corrected chi connectivity index (χ1v) is 6.55. The molecule has 1 heterocycles. The summed E-state index contributed by atoms with van der Waals surface area (Å²) < 4.78 is 5.15. The number of hydrogen-bond acceptors (Lipinski definition) is 4. The predicted molar refractivity (Wildman–Crippen MR) is 77.6 cm³/mol. The third-order valence-electron chi connectivity index (χ3n) is 3.11. The van der Waals surface area contributed by atoms with Crippen LogP contribution in [-0.2, 0) is 0 Å². The monoisotopic (exact) mass is 273 g/mol. The number of carbonyl (C=O) groups excluding carboxylic acids is 1. The van der Waals surface area contributed by atoms with Gasteiger partial charge in [0.25, 0.3) is 5.91 Å². The molecule has 0 unspecified atom stereocenters. The Labute approximate surface area is 118 Å². The molecule has 1 N–H and O–H groups in total. The van der Waals surface area contributed by atoms with Gasteiger partial charge in [-0.3, -0.25) is 4.79 Å². The quantitative estimate of drug-likeness (QED) is 0.904. The minimum absolute atomic E-state index is 0.161. The molecule has 106 valence electrons. The third-order valence-corrected chi connectivity index (χ3v) is 3.11. The van der Waals surface area contributed by atoms with E-state index in [1.54, 1.807) is 18.0 Å². The molecule has 1 aromatic heterocycles. The van der Waals surface area contributed by atoms with Gasteiger partial charge in [-0.2, -0.15) is 0 Å². The van der Waals surface area contributed by atoms with Gasteiger partial charge < -0.3 is 14.7 Å². The van der Waals surface area contributed by atoms with Gasteiger partial charge in [-0.1, -0.05) is 35.0 Å². The minimum Gasteiger partial charge on any atom is -0.350 e. The smallest absolute Gasteiger partial charge is 0.292 e. The third kappa shape index (κ3) is 3.24. The fourth-order valence-electron chi connectivity index (χ4n) is 1.81. The number of hydrogen-bond donors (Lipinski definition) is 1. The van der Waals surface area contributed by atoms with Crippen LogP contribution in [0.5, 0.6) is 0 Å². The Morgan fingerprint density at radius 2 is 2.05 bits per heavy atom. The number of nitrogens with one attached hydrogen (secondary N) is 1. The maximum absolute atomic E-state index is 12.1. The zero-order chi connectivity index (χ0) is 14.5. The summed E-state index contributed by atoms with van der Waals surface area (Å²) in [5.74, 6) is 0.102. The van der Waals surface area contributed by atoms with Crippen molar-refractivity contribution in [3.05, 3.63) is 41.7 Å². The molecule has 0 fully saturated rings. The fraction of sp³-hybridized carbons (Fsp3) is 0.333. The van der Waals surface area contributed by atoms with Crippen molar-refractivity contribution >= 4 is 5.91 Å². The van der Waals surface area contributed by atoms with Crippen LogP contribution < -0.4 is 5.32 Å². The van der Waals surface area contributed by atoms with E-state index in [0.717, 1.165) is 12.1 Å². The number of aromatic nitrogens is 1. The van der Waals surface area contributed by atoms with E-state index >= 15 is 0 Å². The summed E-state index contributed by atoms with van der Waals surface area (Å²) in [6, 6.07) is 9.62. The minimum atomic E-state index is -0.161. The van der Waals surface area contributed by atoms with Gasteiger partial charge in [0, 0.05) is 31.8 Å². The summed E-state index contributed by atoms with van der Waals surface area (Å²) >= 11 is 0. The van der Waals surface area contributed by atoms with E-state index in [2.05, 4.69) is 10.5 Å². The molecule has 0 atom stereocenters. The van der Waals surface area contributed by atoms with Crippen molar-refractivity contribution in [2.24, 2.45) is 0 Å². The van der Waals surface area contributed by atoms with E-state index in [-0.39, 0.29) is 11.7 Å². The molecule has 0 aliphatic rings. The largest absolute Gasteiger partial charge is 0.350 e. The van der Waals surface area contributed by atoms with Gasteiger partial charge in [-0.05, 0) is 14.0 Å². The lowest BCUT2D eigenvalue weighted by atomic mass is 10.1. The number of aryl methyl sites for hydroxylation is 1. The number of benzene rings is 1. The zero-order valence-electron chi connectivity index (χ0n) is 12.0. The maximum Gasteiger partial charge on any atom is 0.292 e. The number of likely N-dealkylation sites (N-methyl/N-ethyl adjacent to an activating group) is 2. The van der Waals surface area contributed by atoms with Crippen LogP contribution in [0.2, 0.25) is 0 Å². The Bertz CT molecular complexity index is 575. The average Bonchev–Trinajstić information content (AvgIpc) is 2.94. The zero-order valence-corrected chi connectivity index (χ0v) is 12.0. The Morgan fingerprint density at radius 3 is 2.70 bits per heavy atom. The lowest BCUT2D eigenvalue weighted by Gasteiger charge is -2.14. The topological polar surface area (TPSA) is 58.4 Å². The highest BCUT2D eigenvalue weighted by atomic mass is 16.5. The molecule has 1 aromatic carbocycles. The van der Waals surface area contributed by atoms with Gasteiger partial charge in [0.05, 0.1) is 0 Å². The molecule has 1 amide bonds. The van der Waals surface area contributed by atoms with Crippen LogP contribution >= 0.6 is 0 Å². The molecule has 0 saturated carbocycles. The van der Waals surface area contributed by atoms with Crippen LogP contribution in [0.4, 0.5) is 0 Å². The molecule has 0 spiro atoms. The summed E-state index contributed by atoms with van der Waals surface area (Å²) in [5, 5.41) is 6.96. The molecule has 2 rings (SSSR count). The number of nitrogens with zero attached hydrogens (tertiary/aromatic N) is 2. The fourth-order valence-corrected chi connectivity index (χ4v) is 1.81. The molecule has 0 aliphatic carbocycles. The lowest BCUT2D eigenvalue weighted by molar-refractivity contribution is 0.0755. The molecular weight excluding hydrogens is 254 g/mol. The molecular formula is C15H19N3O2. The highest BCUT2D eigenvalue weighted by Gasteiger charge is 2.17. The molecule has 5 nitrogen and oxygen atoms in total. The van der Waals surface area contributed by atoms with Gasteiger partial charge in [-0.25, -0.2) is 0 Å². The van der Waals surface area contributed by atoms with Crippen molar-refractivity contribution in [2.45, 2.75) is 6.92 Å². The second-order valence-corrected chi connectivity index (χ2v) is 4.77. The van der Waals surface area contributed by atoms with Crippen LogP contribution in [0.1, 0.15) is 16.1 Å².